The van der Waals surface area contributed by atoms with Crippen LogP contribution in [-0.2, 0) is 0 Å². The number of anilines is 3. The fraction of sp³-hybridized carbons (Fsp3) is 0.0769. The van der Waals surface area contributed by atoms with Crippen molar-refractivity contribution in [3.8, 4) is 6.07 Å². The van der Waals surface area contributed by atoms with Crippen molar-refractivity contribution >= 4 is 17.2 Å². The summed E-state index contributed by atoms with van der Waals surface area (Å²) in [5.74, 6) is 0.611. The van der Waals surface area contributed by atoms with Crippen molar-refractivity contribution in [2.24, 2.45) is 0 Å². The van der Waals surface area contributed by atoms with Gasteiger partial charge in [-0.25, -0.2) is 4.98 Å². The summed E-state index contributed by atoms with van der Waals surface area (Å²) in [6.07, 6.45) is 0. The first-order chi connectivity index (χ1) is 8.19. The summed E-state index contributed by atoms with van der Waals surface area (Å²) in [5.41, 5.74) is 8.68. The Balaban J connectivity index is 2.31. The van der Waals surface area contributed by atoms with E-state index >= 15 is 0 Å². The Morgan fingerprint density at radius 2 is 2.12 bits per heavy atom. The van der Waals surface area contributed by atoms with Crippen LogP contribution in [0.5, 0.6) is 0 Å². The molecule has 1 aromatic carbocycles. The molecular formula is C13H12N4. The zero-order valence-corrected chi connectivity index (χ0v) is 9.44. The summed E-state index contributed by atoms with van der Waals surface area (Å²) in [4.78, 5) is 4.30. The SMILES string of the molecule is Cc1ccc(N)c(Nc2cccc(C#N)c2)n1. The van der Waals surface area contributed by atoms with Crippen LogP contribution in [0.1, 0.15) is 11.3 Å². The van der Waals surface area contributed by atoms with E-state index in [1.165, 1.54) is 0 Å². The van der Waals surface area contributed by atoms with E-state index in [4.69, 9.17) is 11.0 Å². The number of hydrogen-bond donors (Lipinski definition) is 2. The Morgan fingerprint density at radius 1 is 1.29 bits per heavy atom. The maximum Gasteiger partial charge on any atom is 0.153 e. The first-order valence-electron chi connectivity index (χ1n) is 5.19. The molecule has 0 saturated heterocycles. The van der Waals surface area contributed by atoms with Gasteiger partial charge in [0, 0.05) is 11.4 Å². The predicted molar refractivity (Wildman–Crippen MR) is 67.8 cm³/mol. The van der Waals surface area contributed by atoms with Crippen molar-refractivity contribution in [3.05, 3.63) is 47.7 Å². The lowest BCUT2D eigenvalue weighted by molar-refractivity contribution is 1.20. The molecule has 0 atom stereocenters. The number of rotatable bonds is 2. The van der Waals surface area contributed by atoms with Crippen molar-refractivity contribution in [3.63, 3.8) is 0 Å². The van der Waals surface area contributed by atoms with E-state index in [-0.39, 0.29) is 0 Å². The van der Waals surface area contributed by atoms with Crippen molar-refractivity contribution in [2.75, 3.05) is 11.1 Å². The van der Waals surface area contributed by atoms with Crippen molar-refractivity contribution in [2.45, 2.75) is 6.92 Å². The van der Waals surface area contributed by atoms with Crippen LogP contribution in [0.3, 0.4) is 0 Å². The van der Waals surface area contributed by atoms with Gasteiger partial charge in [0.1, 0.15) is 0 Å². The molecular weight excluding hydrogens is 212 g/mol. The Morgan fingerprint density at radius 3 is 2.88 bits per heavy atom. The van der Waals surface area contributed by atoms with E-state index in [1.54, 1.807) is 18.2 Å². The van der Waals surface area contributed by atoms with Gasteiger partial charge < -0.3 is 11.1 Å². The maximum absolute atomic E-state index is 8.81. The topological polar surface area (TPSA) is 74.7 Å². The number of nitrogens with two attached hydrogens (primary N) is 1. The number of hydrogen-bond acceptors (Lipinski definition) is 4. The molecule has 3 N–H and O–H groups in total. The molecule has 0 aliphatic carbocycles. The first-order valence-corrected chi connectivity index (χ1v) is 5.19. The highest BCUT2D eigenvalue weighted by Crippen LogP contribution is 2.21. The van der Waals surface area contributed by atoms with Gasteiger partial charge in [0.25, 0.3) is 0 Å². The standard InChI is InChI=1S/C13H12N4/c1-9-5-6-12(15)13(16-9)17-11-4-2-3-10(7-11)8-14/h2-7H,15H2,1H3,(H,16,17). The van der Waals surface area contributed by atoms with Gasteiger partial charge in [-0.1, -0.05) is 6.07 Å². The van der Waals surface area contributed by atoms with E-state index in [2.05, 4.69) is 16.4 Å². The van der Waals surface area contributed by atoms with Gasteiger partial charge in [-0.3, -0.25) is 0 Å². The molecule has 2 aromatic rings. The lowest BCUT2D eigenvalue weighted by Crippen LogP contribution is -2.00. The molecule has 84 valence electrons. The highest BCUT2D eigenvalue weighted by molar-refractivity contribution is 5.69. The summed E-state index contributed by atoms with van der Waals surface area (Å²) in [6.45, 7) is 1.90. The Labute approximate surface area is 99.7 Å². The van der Waals surface area contributed by atoms with Gasteiger partial charge in [0.15, 0.2) is 5.82 Å². The molecule has 1 heterocycles. The number of nitrogens with one attached hydrogen (secondary N) is 1. The highest BCUT2D eigenvalue weighted by Gasteiger charge is 2.02. The van der Waals surface area contributed by atoms with Crippen LogP contribution in [-0.4, -0.2) is 4.98 Å². The second kappa shape index (κ2) is 4.54. The number of nitrogen functional groups attached to an aromatic ring is 1. The Bertz CT molecular complexity index is 584. The quantitative estimate of drug-likeness (QED) is 0.822. The minimum Gasteiger partial charge on any atom is -0.396 e. The van der Waals surface area contributed by atoms with Gasteiger partial charge >= 0.3 is 0 Å². The van der Waals surface area contributed by atoms with Crippen LogP contribution >= 0.6 is 0 Å². The molecule has 4 heteroatoms. The zero-order valence-electron chi connectivity index (χ0n) is 9.44. The second-order valence-corrected chi connectivity index (χ2v) is 3.71. The fourth-order valence-corrected chi connectivity index (χ4v) is 1.47. The van der Waals surface area contributed by atoms with Crippen LogP contribution in [0.4, 0.5) is 17.2 Å². The lowest BCUT2D eigenvalue weighted by atomic mass is 10.2. The van der Waals surface area contributed by atoms with Gasteiger partial charge in [-0.15, -0.1) is 0 Å². The van der Waals surface area contributed by atoms with E-state index < -0.39 is 0 Å². The molecule has 0 amide bonds. The third-order valence-electron chi connectivity index (χ3n) is 2.32. The van der Waals surface area contributed by atoms with Crippen LogP contribution in [0, 0.1) is 18.3 Å². The summed E-state index contributed by atoms with van der Waals surface area (Å²) in [6, 6.07) is 12.9. The number of nitrogens with zero attached hydrogens (tertiary/aromatic N) is 2. The number of aromatic nitrogens is 1. The molecule has 0 fully saturated rings. The van der Waals surface area contributed by atoms with Crippen LogP contribution in [0.15, 0.2) is 36.4 Å². The molecule has 0 saturated carbocycles. The summed E-state index contributed by atoms with van der Waals surface area (Å²) in [5, 5.41) is 11.9. The predicted octanol–water partition coefficient (Wildman–Crippen LogP) is 2.59. The second-order valence-electron chi connectivity index (χ2n) is 3.71. The van der Waals surface area contributed by atoms with E-state index in [0.717, 1.165) is 11.4 Å². The number of benzene rings is 1. The smallest absolute Gasteiger partial charge is 0.153 e. The van der Waals surface area contributed by atoms with Gasteiger partial charge in [-0.2, -0.15) is 5.26 Å². The fourth-order valence-electron chi connectivity index (χ4n) is 1.47. The van der Waals surface area contributed by atoms with Crippen molar-refractivity contribution in [1.82, 2.24) is 4.98 Å². The monoisotopic (exact) mass is 224 g/mol. The van der Waals surface area contributed by atoms with Gasteiger partial charge in [-0.05, 0) is 37.3 Å². The van der Waals surface area contributed by atoms with Gasteiger partial charge in [0.2, 0.25) is 0 Å². The number of aryl methyl sites for hydroxylation is 1. The molecule has 0 spiro atoms. The molecule has 4 nitrogen and oxygen atoms in total. The van der Waals surface area contributed by atoms with Crippen LogP contribution in [0.2, 0.25) is 0 Å². The average molecular weight is 224 g/mol. The summed E-state index contributed by atoms with van der Waals surface area (Å²) >= 11 is 0. The highest BCUT2D eigenvalue weighted by atomic mass is 15.0. The normalized spacial score (nSPS) is 9.65. The van der Waals surface area contributed by atoms with E-state index in [1.807, 2.05) is 25.1 Å². The van der Waals surface area contributed by atoms with E-state index in [0.29, 0.717) is 17.1 Å². The molecule has 0 unspecified atom stereocenters. The maximum atomic E-state index is 8.81. The van der Waals surface area contributed by atoms with Crippen LogP contribution in [0.25, 0.3) is 0 Å². The molecule has 0 aliphatic heterocycles. The summed E-state index contributed by atoms with van der Waals surface area (Å²) in [7, 11) is 0. The van der Waals surface area contributed by atoms with Crippen LogP contribution < -0.4 is 11.1 Å². The Hall–Kier alpha value is -2.54. The molecule has 0 bridgehead atoms. The molecule has 17 heavy (non-hydrogen) atoms. The summed E-state index contributed by atoms with van der Waals surface area (Å²) < 4.78 is 0. The molecule has 0 radical (unpaired) electrons. The zero-order chi connectivity index (χ0) is 12.3. The van der Waals surface area contributed by atoms with Gasteiger partial charge in [0.05, 0.1) is 17.3 Å². The minimum atomic E-state index is 0.581. The third-order valence-corrected chi connectivity index (χ3v) is 2.32. The van der Waals surface area contributed by atoms with Crippen molar-refractivity contribution in [1.29, 1.82) is 5.26 Å². The average Bonchev–Trinajstić information content (AvgIpc) is 2.34. The molecule has 2 rings (SSSR count). The Kier molecular flexibility index (Phi) is 2.93. The number of pyridine rings is 1. The van der Waals surface area contributed by atoms with E-state index in [9.17, 15) is 0 Å². The third kappa shape index (κ3) is 2.52. The first kappa shape index (κ1) is 11.0. The minimum absolute atomic E-state index is 0.581. The number of nitriles is 1. The molecule has 0 aliphatic rings. The lowest BCUT2D eigenvalue weighted by Gasteiger charge is -2.09. The molecule has 1 aromatic heterocycles. The largest absolute Gasteiger partial charge is 0.396 e. The van der Waals surface area contributed by atoms with Crippen molar-refractivity contribution < 1.29 is 0 Å².